The SMILES string of the molecule is CC1(CNCC(O)CN2CCCC2)CCOCC1. The molecule has 4 heteroatoms. The molecule has 2 aliphatic heterocycles. The van der Waals surface area contributed by atoms with Crippen LogP contribution in [0.25, 0.3) is 0 Å². The number of hydrogen-bond donors (Lipinski definition) is 2. The van der Waals surface area contributed by atoms with Gasteiger partial charge in [-0.3, -0.25) is 0 Å². The maximum atomic E-state index is 9.99. The molecular weight excluding hydrogens is 228 g/mol. The minimum atomic E-state index is -0.230. The quantitative estimate of drug-likeness (QED) is 0.739. The maximum absolute atomic E-state index is 9.99. The van der Waals surface area contributed by atoms with Crippen LogP contribution in [0.15, 0.2) is 0 Å². The van der Waals surface area contributed by atoms with Crippen molar-refractivity contribution in [2.75, 3.05) is 45.9 Å². The fourth-order valence-corrected chi connectivity index (χ4v) is 2.91. The van der Waals surface area contributed by atoms with Crippen molar-refractivity contribution in [3.8, 4) is 0 Å². The lowest BCUT2D eigenvalue weighted by Crippen LogP contribution is -2.42. The Labute approximate surface area is 111 Å². The Balaban J connectivity index is 1.58. The fourth-order valence-electron chi connectivity index (χ4n) is 2.91. The number of rotatable bonds is 6. The predicted molar refractivity (Wildman–Crippen MR) is 72.7 cm³/mol. The first-order valence-electron chi connectivity index (χ1n) is 7.37. The normalized spacial score (nSPS) is 26.3. The zero-order valence-corrected chi connectivity index (χ0v) is 11.7. The molecule has 2 N–H and O–H groups in total. The summed E-state index contributed by atoms with van der Waals surface area (Å²) in [5, 5.41) is 13.4. The number of hydrogen-bond acceptors (Lipinski definition) is 4. The molecule has 0 radical (unpaired) electrons. The predicted octanol–water partition coefficient (Wildman–Crippen LogP) is 0.849. The summed E-state index contributed by atoms with van der Waals surface area (Å²) in [4.78, 5) is 2.36. The molecule has 1 unspecified atom stereocenters. The molecule has 2 rings (SSSR count). The van der Waals surface area contributed by atoms with Gasteiger partial charge in [-0.15, -0.1) is 0 Å². The summed E-state index contributed by atoms with van der Waals surface area (Å²) >= 11 is 0. The molecular formula is C14H28N2O2. The fraction of sp³-hybridized carbons (Fsp3) is 1.00. The summed E-state index contributed by atoms with van der Waals surface area (Å²) in [6.07, 6.45) is 4.60. The third-order valence-corrected chi connectivity index (χ3v) is 4.30. The standard InChI is InChI=1S/C14H28N2O2/c1-14(4-8-18-9-5-14)12-15-10-13(17)11-16-6-2-3-7-16/h13,15,17H,2-12H2,1H3. The zero-order chi connectivity index (χ0) is 12.8. The van der Waals surface area contributed by atoms with Crippen molar-refractivity contribution >= 4 is 0 Å². The Morgan fingerprint density at radius 2 is 1.94 bits per heavy atom. The van der Waals surface area contributed by atoms with E-state index in [0.29, 0.717) is 12.0 Å². The van der Waals surface area contributed by atoms with Crippen molar-refractivity contribution in [1.82, 2.24) is 10.2 Å². The lowest BCUT2D eigenvalue weighted by molar-refractivity contribution is 0.0221. The van der Waals surface area contributed by atoms with Gasteiger partial charge in [-0.2, -0.15) is 0 Å². The van der Waals surface area contributed by atoms with Crippen molar-refractivity contribution in [2.24, 2.45) is 5.41 Å². The largest absolute Gasteiger partial charge is 0.390 e. The van der Waals surface area contributed by atoms with Gasteiger partial charge in [0.2, 0.25) is 0 Å². The van der Waals surface area contributed by atoms with E-state index >= 15 is 0 Å². The average Bonchev–Trinajstić information content (AvgIpc) is 2.82. The first kappa shape index (κ1) is 14.3. The van der Waals surface area contributed by atoms with E-state index < -0.39 is 0 Å². The highest BCUT2D eigenvalue weighted by Crippen LogP contribution is 2.28. The van der Waals surface area contributed by atoms with E-state index in [0.717, 1.165) is 52.2 Å². The highest BCUT2D eigenvalue weighted by molar-refractivity contribution is 4.80. The monoisotopic (exact) mass is 256 g/mol. The van der Waals surface area contributed by atoms with E-state index in [1.807, 2.05) is 0 Å². The minimum absolute atomic E-state index is 0.230. The molecule has 0 saturated carbocycles. The lowest BCUT2D eigenvalue weighted by atomic mass is 9.82. The molecule has 18 heavy (non-hydrogen) atoms. The van der Waals surface area contributed by atoms with Crippen LogP contribution in [0.4, 0.5) is 0 Å². The minimum Gasteiger partial charge on any atom is -0.390 e. The Morgan fingerprint density at radius 1 is 1.28 bits per heavy atom. The molecule has 0 aliphatic carbocycles. The molecule has 0 spiro atoms. The summed E-state index contributed by atoms with van der Waals surface area (Å²) in [6, 6.07) is 0. The van der Waals surface area contributed by atoms with E-state index in [1.165, 1.54) is 12.8 Å². The van der Waals surface area contributed by atoms with Crippen LogP contribution in [0.3, 0.4) is 0 Å². The third-order valence-electron chi connectivity index (χ3n) is 4.30. The highest BCUT2D eigenvalue weighted by atomic mass is 16.5. The first-order valence-corrected chi connectivity index (χ1v) is 7.37. The number of aliphatic hydroxyl groups is 1. The molecule has 106 valence electrons. The van der Waals surface area contributed by atoms with Gasteiger partial charge in [-0.05, 0) is 44.2 Å². The molecule has 0 aromatic carbocycles. The second kappa shape index (κ2) is 6.85. The average molecular weight is 256 g/mol. The van der Waals surface area contributed by atoms with Gasteiger partial charge in [0, 0.05) is 32.8 Å². The van der Waals surface area contributed by atoms with Gasteiger partial charge in [-0.25, -0.2) is 0 Å². The first-order chi connectivity index (χ1) is 8.68. The smallest absolute Gasteiger partial charge is 0.0791 e. The molecule has 4 nitrogen and oxygen atoms in total. The Bertz CT molecular complexity index is 236. The van der Waals surface area contributed by atoms with Crippen LogP contribution in [0, 0.1) is 5.41 Å². The van der Waals surface area contributed by atoms with Crippen LogP contribution in [0.2, 0.25) is 0 Å². The summed E-state index contributed by atoms with van der Waals surface area (Å²) < 4.78 is 5.40. The molecule has 0 aromatic heterocycles. The van der Waals surface area contributed by atoms with Gasteiger partial charge in [0.15, 0.2) is 0 Å². The van der Waals surface area contributed by atoms with Gasteiger partial charge in [-0.1, -0.05) is 6.92 Å². The second-order valence-corrected chi connectivity index (χ2v) is 6.22. The van der Waals surface area contributed by atoms with E-state index in [1.54, 1.807) is 0 Å². The van der Waals surface area contributed by atoms with Crippen LogP contribution >= 0.6 is 0 Å². The summed E-state index contributed by atoms with van der Waals surface area (Å²) in [5.74, 6) is 0. The van der Waals surface area contributed by atoms with Crippen LogP contribution in [-0.4, -0.2) is 62.0 Å². The number of nitrogens with one attached hydrogen (secondary N) is 1. The maximum Gasteiger partial charge on any atom is 0.0791 e. The summed E-state index contributed by atoms with van der Waals surface area (Å²) in [5.41, 5.74) is 0.353. The van der Waals surface area contributed by atoms with Gasteiger partial charge in [0.1, 0.15) is 0 Å². The highest BCUT2D eigenvalue weighted by Gasteiger charge is 2.27. The molecule has 2 saturated heterocycles. The molecule has 2 fully saturated rings. The number of aliphatic hydroxyl groups excluding tert-OH is 1. The van der Waals surface area contributed by atoms with Gasteiger partial charge >= 0.3 is 0 Å². The number of ether oxygens (including phenoxy) is 1. The molecule has 2 aliphatic rings. The molecule has 0 bridgehead atoms. The Kier molecular flexibility index (Phi) is 5.42. The van der Waals surface area contributed by atoms with Crippen molar-refractivity contribution in [2.45, 2.75) is 38.7 Å². The second-order valence-electron chi connectivity index (χ2n) is 6.22. The van der Waals surface area contributed by atoms with Crippen LogP contribution in [-0.2, 0) is 4.74 Å². The van der Waals surface area contributed by atoms with Crippen molar-refractivity contribution in [3.63, 3.8) is 0 Å². The van der Waals surface area contributed by atoms with E-state index in [2.05, 4.69) is 17.1 Å². The van der Waals surface area contributed by atoms with Crippen LogP contribution in [0.5, 0.6) is 0 Å². The third kappa shape index (κ3) is 4.50. The van der Waals surface area contributed by atoms with Gasteiger partial charge in [0.25, 0.3) is 0 Å². The van der Waals surface area contributed by atoms with E-state index in [4.69, 9.17) is 4.74 Å². The summed E-state index contributed by atoms with van der Waals surface area (Å²) in [6.45, 7) is 8.93. The van der Waals surface area contributed by atoms with Crippen LogP contribution < -0.4 is 5.32 Å². The molecule has 0 aromatic rings. The summed E-state index contributed by atoms with van der Waals surface area (Å²) in [7, 11) is 0. The van der Waals surface area contributed by atoms with E-state index in [-0.39, 0.29) is 6.10 Å². The van der Waals surface area contributed by atoms with Gasteiger partial charge < -0.3 is 20.1 Å². The van der Waals surface area contributed by atoms with Gasteiger partial charge in [0.05, 0.1) is 6.10 Å². The Hall–Kier alpha value is -0.160. The number of likely N-dealkylation sites (tertiary alicyclic amines) is 1. The van der Waals surface area contributed by atoms with E-state index in [9.17, 15) is 5.11 Å². The molecule has 2 heterocycles. The molecule has 1 atom stereocenters. The van der Waals surface area contributed by atoms with Crippen molar-refractivity contribution in [1.29, 1.82) is 0 Å². The van der Waals surface area contributed by atoms with Crippen molar-refractivity contribution in [3.05, 3.63) is 0 Å². The number of β-amino-alcohol motifs (C(OH)–C–C–N with tert-alkyl or cyclic N) is 1. The Morgan fingerprint density at radius 3 is 2.61 bits per heavy atom. The molecule has 0 amide bonds. The lowest BCUT2D eigenvalue weighted by Gasteiger charge is -2.34. The van der Waals surface area contributed by atoms with Crippen LogP contribution in [0.1, 0.15) is 32.6 Å². The van der Waals surface area contributed by atoms with Crippen molar-refractivity contribution < 1.29 is 9.84 Å². The zero-order valence-electron chi connectivity index (χ0n) is 11.7. The topological polar surface area (TPSA) is 44.7 Å². The number of nitrogens with zero attached hydrogens (tertiary/aromatic N) is 1.